The highest BCUT2D eigenvalue weighted by atomic mass is 19.3. The van der Waals surface area contributed by atoms with Crippen LogP contribution in [0.15, 0.2) is 42.6 Å². The van der Waals surface area contributed by atoms with Crippen LogP contribution < -0.4 is 35.4 Å². The zero-order valence-electron chi connectivity index (χ0n) is 36.8. The predicted octanol–water partition coefficient (Wildman–Crippen LogP) is 4.02. The van der Waals surface area contributed by atoms with Crippen LogP contribution in [0.1, 0.15) is 102 Å². The minimum atomic E-state index is -3.60. The van der Waals surface area contributed by atoms with E-state index in [9.17, 15) is 33.6 Å². The van der Waals surface area contributed by atoms with E-state index in [-0.39, 0.29) is 71.2 Å². The van der Waals surface area contributed by atoms with Crippen LogP contribution in [-0.2, 0) is 19.2 Å². The zero-order valence-corrected chi connectivity index (χ0v) is 36.8. The van der Waals surface area contributed by atoms with E-state index in [1.165, 1.54) is 25.3 Å². The van der Waals surface area contributed by atoms with Crippen molar-refractivity contribution in [3.63, 3.8) is 0 Å². The molecule has 1 aromatic heterocycles. The van der Waals surface area contributed by atoms with E-state index in [0.29, 0.717) is 93.8 Å². The minimum absolute atomic E-state index is 0.0435. The fourth-order valence-electron chi connectivity index (χ4n) is 10.2. The normalized spacial score (nSPS) is 21.7. The van der Waals surface area contributed by atoms with E-state index in [1.54, 1.807) is 36.4 Å². The Bertz CT molecular complexity index is 2480. The SMILES string of the molecule is COc1cc(C(=O)NC2CCN(C(=O)CC3CCN(c4cccc5c4C(=O)N(C4CCC(=O)NC4=O)C5=O)CC3)CC2)ccc1Nc1ncc2c(n1)N(C1CCCC1)CC(F)(F)C(=O)N2C. The maximum Gasteiger partial charge on any atom is 0.342 e. The van der Waals surface area contributed by atoms with Crippen molar-refractivity contribution in [1.29, 1.82) is 0 Å². The molecule has 0 spiro atoms. The van der Waals surface area contributed by atoms with E-state index in [1.807, 2.05) is 4.90 Å². The van der Waals surface area contributed by atoms with E-state index in [4.69, 9.17) is 4.74 Å². The lowest BCUT2D eigenvalue weighted by molar-refractivity contribution is -0.140. The second-order valence-corrected chi connectivity index (χ2v) is 18.0. The quantitative estimate of drug-likeness (QED) is 0.246. The molecule has 6 aliphatic rings. The highest BCUT2D eigenvalue weighted by molar-refractivity contribution is 6.25. The number of benzene rings is 2. The Morgan fingerprint density at radius 2 is 1.65 bits per heavy atom. The summed E-state index contributed by atoms with van der Waals surface area (Å²) in [6.07, 6.45) is 7.65. The van der Waals surface area contributed by atoms with Crippen molar-refractivity contribution in [3.8, 4) is 5.75 Å². The number of carbonyl (C=O) groups is 7. The number of imide groups is 2. The van der Waals surface area contributed by atoms with Gasteiger partial charge >= 0.3 is 5.92 Å². The number of ether oxygens (including phenoxy) is 1. The minimum Gasteiger partial charge on any atom is -0.495 e. The summed E-state index contributed by atoms with van der Waals surface area (Å²) in [5.74, 6) is -6.54. The first-order valence-corrected chi connectivity index (χ1v) is 22.6. The molecule has 2 aromatic carbocycles. The molecule has 9 rings (SSSR count). The monoisotopic (exact) mass is 910 g/mol. The largest absolute Gasteiger partial charge is 0.495 e. The van der Waals surface area contributed by atoms with Gasteiger partial charge in [0.1, 0.15) is 17.5 Å². The predicted molar refractivity (Wildman–Crippen MR) is 236 cm³/mol. The number of nitrogens with one attached hydrogen (secondary N) is 3. The molecule has 6 heterocycles. The van der Waals surface area contributed by atoms with E-state index in [0.717, 1.165) is 22.6 Å². The lowest BCUT2D eigenvalue weighted by atomic mass is 9.91. The molecule has 1 saturated carbocycles. The van der Waals surface area contributed by atoms with Gasteiger partial charge < -0.3 is 35.0 Å². The van der Waals surface area contributed by atoms with Gasteiger partial charge in [-0.2, -0.15) is 13.8 Å². The summed E-state index contributed by atoms with van der Waals surface area (Å²) in [7, 11) is 2.76. The van der Waals surface area contributed by atoms with Gasteiger partial charge in [0.15, 0.2) is 5.82 Å². The molecule has 18 nitrogen and oxygen atoms in total. The first-order valence-electron chi connectivity index (χ1n) is 22.6. The number of anilines is 5. The molecule has 4 fully saturated rings. The van der Waals surface area contributed by atoms with E-state index >= 15 is 8.78 Å². The molecular formula is C46H52F2N10O8. The van der Waals surface area contributed by atoms with Crippen LogP contribution >= 0.6 is 0 Å². The number of rotatable bonds is 10. The van der Waals surface area contributed by atoms with Crippen LogP contribution in [0.3, 0.4) is 0 Å². The number of fused-ring (bicyclic) bond motifs is 2. The van der Waals surface area contributed by atoms with Crippen molar-refractivity contribution in [2.24, 2.45) is 5.92 Å². The molecule has 3 saturated heterocycles. The molecule has 1 atom stereocenters. The van der Waals surface area contributed by atoms with Gasteiger partial charge in [0.25, 0.3) is 23.6 Å². The van der Waals surface area contributed by atoms with Gasteiger partial charge in [-0.05, 0) is 81.2 Å². The molecule has 7 amide bonds. The van der Waals surface area contributed by atoms with Gasteiger partial charge in [-0.25, -0.2) is 4.98 Å². The van der Waals surface area contributed by atoms with Crippen molar-refractivity contribution >= 4 is 70.2 Å². The Morgan fingerprint density at radius 3 is 2.36 bits per heavy atom. The highest BCUT2D eigenvalue weighted by Gasteiger charge is 2.49. The molecule has 1 unspecified atom stereocenters. The third-order valence-corrected chi connectivity index (χ3v) is 13.9. The molecule has 3 N–H and O–H groups in total. The molecule has 0 radical (unpaired) electrons. The number of hydrogen-bond acceptors (Lipinski definition) is 13. The summed E-state index contributed by atoms with van der Waals surface area (Å²) in [5.41, 5.74) is 2.10. The van der Waals surface area contributed by atoms with Crippen LogP contribution in [0, 0.1) is 5.92 Å². The maximum absolute atomic E-state index is 15.1. The van der Waals surface area contributed by atoms with Crippen LogP contribution in [0.25, 0.3) is 0 Å². The first kappa shape index (κ1) is 44.5. The first-order chi connectivity index (χ1) is 31.7. The zero-order chi connectivity index (χ0) is 46.4. The Hall–Kier alpha value is -6.73. The molecule has 20 heteroatoms. The number of aromatic nitrogens is 2. The third-order valence-electron chi connectivity index (χ3n) is 13.9. The molecule has 1 aliphatic carbocycles. The number of carbonyl (C=O) groups excluding carboxylic acids is 7. The number of likely N-dealkylation sites (tertiary alicyclic amines) is 1. The van der Waals surface area contributed by atoms with E-state index in [2.05, 4.69) is 30.8 Å². The molecule has 0 bridgehead atoms. The number of hydrogen-bond donors (Lipinski definition) is 3. The summed E-state index contributed by atoms with van der Waals surface area (Å²) in [4.78, 5) is 107. The van der Waals surface area contributed by atoms with Crippen molar-refractivity contribution in [1.82, 2.24) is 30.4 Å². The number of alkyl halides is 2. The van der Waals surface area contributed by atoms with Gasteiger partial charge in [0.05, 0.1) is 42.4 Å². The molecular weight excluding hydrogens is 859 g/mol. The van der Waals surface area contributed by atoms with Crippen LogP contribution in [-0.4, -0.2) is 132 Å². The second kappa shape index (κ2) is 17.9. The van der Waals surface area contributed by atoms with Gasteiger partial charge in [0, 0.05) is 63.7 Å². The number of amides is 7. The van der Waals surface area contributed by atoms with Gasteiger partial charge in [-0.3, -0.25) is 43.8 Å². The standard InChI is InChI=1S/C46H52F2N10O8/c1-54-34-24-49-45(53-39(34)57(29-6-3-4-7-29)25-46(47,48)44(54)65)51-31-11-10-27(23-35(31)66-2)40(61)50-28-16-20-56(21-17-28)37(60)22-26-14-18-55(19-15-26)32-9-5-8-30-38(32)43(64)58(42(30)63)33-12-13-36(59)52-41(33)62/h5,8-11,23-24,26,28-29,33H,3-4,6-7,12-22,25H2,1-2H3,(H,50,61)(H,49,51,53)(H,52,59,62). The fraction of sp³-hybridized carbons (Fsp3) is 0.500. The summed E-state index contributed by atoms with van der Waals surface area (Å²) < 4.78 is 35.7. The summed E-state index contributed by atoms with van der Waals surface area (Å²) in [5, 5.41) is 8.41. The van der Waals surface area contributed by atoms with Gasteiger partial charge in [-0.15, -0.1) is 0 Å². The topological polar surface area (TPSA) is 207 Å². The lowest BCUT2D eigenvalue weighted by Gasteiger charge is -2.36. The van der Waals surface area contributed by atoms with Gasteiger partial charge in [0.2, 0.25) is 23.7 Å². The van der Waals surface area contributed by atoms with Gasteiger partial charge in [-0.1, -0.05) is 18.9 Å². The Balaban J connectivity index is 0.764. The van der Waals surface area contributed by atoms with Crippen LogP contribution in [0.2, 0.25) is 0 Å². The number of methoxy groups -OCH3 is 1. The number of nitrogens with zero attached hydrogens (tertiary/aromatic N) is 7. The van der Waals surface area contributed by atoms with Crippen molar-refractivity contribution < 1.29 is 47.1 Å². The second-order valence-electron chi connectivity index (χ2n) is 18.0. The van der Waals surface area contributed by atoms with Crippen LogP contribution in [0.5, 0.6) is 5.75 Å². The number of piperidine rings is 3. The molecule has 5 aliphatic heterocycles. The Labute approximate surface area is 379 Å². The number of halogens is 2. The summed E-state index contributed by atoms with van der Waals surface area (Å²) in [6.45, 7) is 1.36. The lowest BCUT2D eigenvalue weighted by Crippen LogP contribution is -2.54. The molecule has 3 aromatic rings. The van der Waals surface area contributed by atoms with Crippen molar-refractivity contribution in [3.05, 3.63) is 59.3 Å². The smallest absolute Gasteiger partial charge is 0.342 e. The van der Waals surface area contributed by atoms with Crippen LogP contribution in [0.4, 0.5) is 37.6 Å². The Morgan fingerprint density at radius 1 is 0.909 bits per heavy atom. The van der Waals surface area contributed by atoms with Crippen molar-refractivity contribution in [2.45, 2.75) is 94.7 Å². The Kier molecular flexibility index (Phi) is 12.1. The average Bonchev–Trinajstić information content (AvgIpc) is 3.93. The fourth-order valence-corrected chi connectivity index (χ4v) is 10.2. The average molecular weight is 911 g/mol. The van der Waals surface area contributed by atoms with E-state index < -0.39 is 48.0 Å². The molecule has 348 valence electrons. The highest BCUT2D eigenvalue weighted by Crippen LogP contribution is 2.41. The maximum atomic E-state index is 15.1. The summed E-state index contributed by atoms with van der Waals surface area (Å²) in [6, 6.07) is 8.58. The summed E-state index contributed by atoms with van der Waals surface area (Å²) >= 11 is 0. The molecule has 66 heavy (non-hydrogen) atoms. The third kappa shape index (κ3) is 8.48. The van der Waals surface area contributed by atoms with Crippen molar-refractivity contribution in [2.75, 3.05) is 66.9 Å².